The molecule has 0 radical (unpaired) electrons. The van der Waals surface area contributed by atoms with E-state index >= 15 is 0 Å². The average molecular weight is 258 g/mol. The monoisotopic (exact) mass is 258 g/mol. The number of amides is 2. The minimum Gasteiger partial charge on any atom is -0.448 e. The van der Waals surface area contributed by atoms with Crippen molar-refractivity contribution in [2.75, 3.05) is 26.3 Å². The molecule has 1 rings (SSSR count). The number of rotatable bonds is 2. The molecule has 18 heavy (non-hydrogen) atoms. The Morgan fingerprint density at radius 2 is 1.28 bits per heavy atom. The summed E-state index contributed by atoms with van der Waals surface area (Å²) in [5, 5.41) is 2.68. The zero-order valence-electron chi connectivity index (χ0n) is 11.5. The maximum absolute atomic E-state index is 11.8. The van der Waals surface area contributed by atoms with Gasteiger partial charge < -0.3 is 9.47 Å². The van der Waals surface area contributed by atoms with Crippen molar-refractivity contribution in [3.8, 4) is 0 Å². The molecule has 0 bridgehead atoms. The molecular weight excluding hydrogens is 236 g/mol. The number of ether oxygens (including phenoxy) is 2. The molecule has 2 unspecified atom stereocenters. The molecule has 0 aromatic carbocycles. The number of carbonyl (C=O) groups is 2. The molecule has 2 atom stereocenters. The van der Waals surface area contributed by atoms with E-state index in [0.29, 0.717) is 24.9 Å². The van der Waals surface area contributed by atoms with E-state index < -0.39 is 12.2 Å². The van der Waals surface area contributed by atoms with E-state index in [4.69, 9.17) is 9.47 Å². The summed E-state index contributed by atoms with van der Waals surface area (Å²) in [4.78, 5) is 23.6. The Kier molecular flexibility index (Phi) is 5.25. The number of nitrogens with zero attached hydrogens (tertiary/aromatic N) is 2. The highest BCUT2D eigenvalue weighted by atomic mass is 16.6. The van der Waals surface area contributed by atoms with E-state index in [-0.39, 0.29) is 13.2 Å². The van der Waals surface area contributed by atoms with Crippen molar-refractivity contribution in [2.45, 2.75) is 27.7 Å². The third kappa shape index (κ3) is 3.27. The van der Waals surface area contributed by atoms with E-state index in [1.807, 2.05) is 0 Å². The van der Waals surface area contributed by atoms with Gasteiger partial charge >= 0.3 is 12.2 Å². The second kappa shape index (κ2) is 6.47. The Morgan fingerprint density at radius 3 is 1.56 bits per heavy atom. The molecule has 0 aliphatic carbocycles. The number of hydrazine groups is 1. The van der Waals surface area contributed by atoms with Crippen LogP contribution in [0.25, 0.3) is 0 Å². The van der Waals surface area contributed by atoms with Gasteiger partial charge in [-0.15, -0.1) is 0 Å². The Labute approximate surface area is 108 Å². The second-order valence-electron chi connectivity index (χ2n) is 4.52. The molecule has 6 nitrogen and oxygen atoms in total. The van der Waals surface area contributed by atoms with Crippen LogP contribution in [0.15, 0.2) is 0 Å². The zero-order chi connectivity index (χ0) is 13.7. The average Bonchev–Trinajstić information content (AvgIpc) is 2.32. The molecule has 0 aromatic heterocycles. The van der Waals surface area contributed by atoms with E-state index in [2.05, 4.69) is 13.8 Å². The van der Waals surface area contributed by atoms with Crippen LogP contribution in [0, 0.1) is 11.8 Å². The van der Waals surface area contributed by atoms with Crippen molar-refractivity contribution in [3.63, 3.8) is 0 Å². The lowest BCUT2D eigenvalue weighted by Gasteiger charge is -2.42. The lowest BCUT2D eigenvalue weighted by atomic mass is 9.94. The Morgan fingerprint density at radius 1 is 0.944 bits per heavy atom. The summed E-state index contributed by atoms with van der Waals surface area (Å²) in [6, 6.07) is 0. The summed E-state index contributed by atoms with van der Waals surface area (Å²) in [5.41, 5.74) is 0. The van der Waals surface area contributed by atoms with Gasteiger partial charge in [-0.3, -0.25) is 0 Å². The smallest absolute Gasteiger partial charge is 0.428 e. The van der Waals surface area contributed by atoms with E-state index in [0.717, 1.165) is 0 Å². The predicted molar refractivity (Wildman–Crippen MR) is 65.8 cm³/mol. The summed E-state index contributed by atoms with van der Waals surface area (Å²) >= 11 is 0. The van der Waals surface area contributed by atoms with Gasteiger partial charge in [0, 0.05) is 13.1 Å². The van der Waals surface area contributed by atoms with Crippen LogP contribution in [0.4, 0.5) is 9.59 Å². The second-order valence-corrected chi connectivity index (χ2v) is 4.52. The molecule has 2 amide bonds. The third-order valence-corrected chi connectivity index (χ3v) is 3.14. The minimum atomic E-state index is -0.496. The number of hydrogen-bond acceptors (Lipinski definition) is 4. The zero-order valence-corrected chi connectivity index (χ0v) is 11.5. The summed E-state index contributed by atoms with van der Waals surface area (Å²) in [5.74, 6) is 0.639. The van der Waals surface area contributed by atoms with Crippen molar-refractivity contribution in [1.29, 1.82) is 0 Å². The van der Waals surface area contributed by atoms with Crippen LogP contribution in [0.3, 0.4) is 0 Å². The summed E-state index contributed by atoms with van der Waals surface area (Å²) in [6.45, 7) is 9.10. The van der Waals surface area contributed by atoms with Gasteiger partial charge in [-0.05, 0) is 25.7 Å². The van der Waals surface area contributed by atoms with Gasteiger partial charge in [-0.1, -0.05) is 13.8 Å². The lowest BCUT2D eigenvalue weighted by Crippen LogP contribution is -2.58. The molecule has 0 N–H and O–H groups in total. The minimum absolute atomic E-state index is 0.288. The van der Waals surface area contributed by atoms with Crippen LogP contribution in [0.1, 0.15) is 27.7 Å². The highest BCUT2D eigenvalue weighted by molar-refractivity contribution is 5.74. The van der Waals surface area contributed by atoms with Crippen LogP contribution in [-0.4, -0.2) is 48.5 Å². The van der Waals surface area contributed by atoms with Gasteiger partial charge in [0.15, 0.2) is 0 Å². The first-order valence-electron chi connectivity index (χ1n) is 6.39. The molecule has 1 saturated heterocycles. The van der Waals surface area contributed by atoms with Crippen LogP contribution in [-0.2, 0) is 9.47 Å². The molecule has 0 saturated carbocycles. The van der Waals surface area contributed by atoms with Crippen LogP contribution < -0.4 is 0 Å². The predicted octanol–water partition coefficient (Wildman–Crippen LogP) is 2.10. The molecule has 0 spiro atoms. The molecule has 104 valence electrons. The van der Waals surface area contributed by atoms with Crippen molar-refractivity contribution >= 4 is 12.2 Å². The molecule has 1 aliphatic rings. The SMILES string of the molecule is CCOC(=O)N1CC(C)C(C)CN1C(=O)OCC. The summed E-state index contributed by atoms with van der Waals surface area (Å²) in [6.07, 6.45) is -0.992. The topological polar surface area (TPSA) is 59.1 Å². The Bertz CT molecular complexity index is 278. The van der Waals surface area contributed by atoms with Gasteiger partial charge in [0.25, 0.3) is 0 Å². The normalized spacial score (nSPS) is 23.8. The highest BCUT2D eigenvalue weighted by Gasteiger charge is 2.36. The first-order valence-corrected chi connectivity index (χ1v) is 6.39. The van der Waals surface area contributed by atoms with Gasteiger partial charge in [0.1, 0.15) is 0 Å². The molecule has 1 fully saturated rings. The fourth-order valence-corrected chi connectivity index (χ4v) is 1.84. The van der Waals surface area contributed by atoms with E-state index in [9.17, 15) is 9.59 Å². The lowest BCUT2D eigenvalue weighted by molar-refractivity contribution is -0.0640. The molecule has 1 heterocycles. The largest absolute Gasteiger partial charge is 0.448 e. The van der Waals surface area contributed by atoms with Crippen molar-refractivity contribution in [3.05, 3.63) is 0 Å². The van der Waals surface area contributed by atoms with Crippen molar-refractivity contribution in [1.82, 2.24) is 10.0 Å². The third-order valence-electron chi connectivity index (χ3n) is 3.14. The Balaban J connectivity index is 2.80. The first-order chi connectivity index (χ1) is 8.51. The quantitative estimate of drug-likeness (QED) is 0.761. The Hall–Kier alpha value is -1.46. The van der Waals surface area contributed by atoms with Gasteiger partial charge in [0.2, 0.25) is 0 Å². The number of hydrogen-bond donors (Lipinski definition) is 0. The fraction of sp³-hybridized carbons (Fsp3) is 0.833. The molecule has 6 heteroatoms. The number of carbonyl (C=O) groups excluding carboxylic acids is 2. The summed E-state index contributed by atoms with van der Waals surface area (Å²) in [7, 11) is 0. The van der Waals surface area contributed by atoms with Crippen LogP contribution in [0.5, 0.6) is 0 Å². The van der Waals surface area contributed by atoms with Crippen LogP contribution in [0.2, 0.25) is 0 Å². The molecule has 0 aromatic rings. The van der Waals surface area contributed by atoms with Crippen molar-refractivity contribution in [2.24, 2.45) is 11.8 Å². The first kappa shape index (κ1) is 14.6. The standard InChI is InChI=1S/C12H22N2O4/c1-5-17-11(15)13-7-9(3)10(4)8-14(13)12(16)18-6-2/h9-10H,5-8H2,1-4H3. The van der Waals surface area contributed by atoms with Gasteiger partial charge in [0.05, 0.1) is 13.2 Å². The molecule has 1 aliphatic heterocycles. The van der Waals surface area contributed by atoms with E-state index in [1.165, 1.54) is 10.0 Å². The van der Waals surface area contributed by atoms with Crippen LogP contribution >= 0.6 is 0 Å². The fourth-order valence-electron chi connectivity index (χ4n) is 1.84. The van der Waals surface area contributed by atoms with E-state index in [1.54, 1.807) is 13.8 Å². The maximum Gasteiger partial charge on any atom is 0.428 e. The van der Waals surface area contributed by atoms with Gasteiger partial charge in [-0.25, -0.2) is 19.6 Å². The molecular formula is C12H22N2O4. The highest BCUT2D eigenvalue weighted by Crippen LogP contribution is 2.23. The van der Waals surface area contributed by atoms with Crippen molar-refractivity contribution < 1.29 is 19.1 Å². The van der Waals surface area contributed by atoms with Gasteiger partial charge in [-0.2, -0.15) is 0 Å². The maximum atomic E-state index is 11.8. The summed E-state index contributed by atoms with van der Waals surface area (Å²) < 4.78 is 9.92.